The van der Waals surface area contributed by atoms with E-state index in [1.165, 1.54) is 16.7 Å². The lowest BCUT2D eigenvalue weighted by Crippen LogP contribution is -2.02. The average molecular weight is 277 g/mol. The zero-order valence-corrected chi connectivity index (χ0v) is 12.1. The van der Waals surface area contributed by atoms with E-state index in [1.807, 2.05) is 25.1 Å². The third-order valence-electron chi connectivity index (χ3n) is 3.90. The fourth-order valence-corrected chi connectivity index (χ4v) is 2.66. The number of aromatic nitrogens is 1. The Hall–Kier alpha value is -2.39. The van der Waals surface area contributed by atoms with E-state index in [1.54, 1.807) is 0 Å². The van der Waals surface area contributed by atoms with Crippen molar-refractivity contribution in [1.82, 2.24) is 4.98 Å². The molecule has 21 heavy (non-hydrogen) atoms. The van der Waals surface area contributed by atoms with E-state index in [2.05, 4.69) is 35.3 Å². The van der Waals surface area contributed by atoms with Crippen molar-refractivity contribution in [2.24, 2.45) is 5.73 Å². The van der Waals surface area contributed by atoms with Crippen LogP contribution in [0.25, 0.3) is 10.9 Å². The molecule has 3 aromatic rings. The van der Waals surface area contributed by atoms with E-state index < -0.39 is 0 Å². The number of nitrogen functional groups attached to an aromatic ring is 1. The second-order valence-electron chi connectivity index (χ2n) is 5.32. The van der Waals surface area contributed by atoms with Gasteiger partial charge in [0.25, 0.3) is 0 Å². The summed E-state index contributed by atoms with van der Waals surface area (Å²) < 4.78 is 0. The Morgan fingerprint density at radius 3 is 2.43 bits per heavy atom. The van der Waals surface area contributed by atoms with Gasteiger partial charge < -0.3 is 11.5 Å². The lowest BCUT2D eigenvalue weighted by Gasteiger charge is -2.11. The number of nitrogens with zero attached hydrogens (tertiary/aromatic N) is 1. The summed E-state index contributed by atoms with van der Waals surface area (Å²) in [6, 6.07) is 16.6. The third kappa shape index (κ3) is 2.60. The van der Waals surface area contributed by atoms with Crippen molar-refractivity contribution in [3.63, 3.8) is 0 Å². The Kier molecular flexibility index (Phi) is 3.59. The van der Waals surface area contributed by atoms with Crippen molar-refractivity contribution in [3.05, 3.63) is 70.8 Å². The predicted molar refractivity (Wildman–Crippen MR) is 88.0 cm³/mol. The molecule has 0 saturated carbocycles. The van der Waals surface area contributed by atoms with Crippen LogP contribution in [0.3, 0.4) is 0 Å². The zero-order chi connectivity index (χ0) is 14.8. The Morgan fingerprint density at radius 2 is 1.67 bits per heavy atom. The molecule has 3 nitrogen and oxygen atoms in total. The van der Waals surface area contributed by atoms with Crippen molar-refractivity contribution in [2.45, 2.75) is 19.9 Å². The van der Waals surface area contributed by atoms with Gasteiger partial charge in [-0.05, 0) is 47.7 Å². The number of benzene rings is 2. The summed E-state index contributed by atoms with van der Waals surface area (Å²) in [6.07, 6.45) is 0.857. The smallest absolute Gasteiger partial charge is 0.127 e. The Bertz CT molecular complexity index is 794. The second kappa shape index (κ2) is 5.54. The molecule has 0 aliphatic carbocycles. The minimum absolute atomic E-state index is 0.561. The van der Waals surface area contributed by atoms with Gasteiger partial charge in [-0.25, -0.2) is 4.98 Å². The highest BCUT2D eigenvalue weighted by Gasteiger charge is 2.07. The maximum Gasteiger partial charge on any atom is 0.127 e. The van der Waals surface area contributed by atoms with Crippen molar-refractivity contribution in [1.29, 1.82) is 0 Å². The molecule has 3 heteroatoms. The molecule has 0 fully saturated rings. The molecule has 0 amide bonds. The first-order valence-electron chi connectivity index (χ1n) is 7.10. The molecule has 3 rings (SSSR count). The number of anilines is 1. The second-order valence-corrected chi connectivity index (χ2v) is 5.32. The Balaban J connectivity index is 2.10. The quantitative estimate of drug-likeness (QED) is 0.772. The lowest BCUT2D eigenvalue weighted by molar-refractivity contribution is 1.02. The molecule has 0 atom stereocenters. The van der Waals surface area contributed by atoms with E-state index in [0.29, 0.717) is 12.4 Å². The molecule has 0 aliphatic rings. The van der Waals surface area contributed by atoms with Crippen LogP contribution in [-0.4, -0.2) is 4.98 Å². The van der Waals surface area contributed by atoms with Gasteiger partial charge in [-0.1, -0.05) is 36.4 Å². The molecular formula is C18H19N3. The van der Waals surface area contributed by atoms with Crippen LogP contribution >= 0.6 is 0 Å². The predicted octanol–water partition coefficient (Wildman–Crippen LogP) is 3.17. The lowest BCUT2D eigenvalue weighted by atomic mass is 9.96. The molecule has 0 aliphatic heterocycles. The highest BCUT2D eigenvalue weighted by molar-refractivity contribution is 5.85. The van der Waals surface area contributed by atoms with E-state index in [-0.39, 0.29) is 0 Å². The van der Waals surface area contributed by atoms with Crippen molar-refractivity contribution >= 4 is 16.7 Å². The van der Waals surface area contributed by atoms with Gasteiger partial charge in [-0.2, -0.15) is 0 Å². The van der Waals surface area contributed by atoms with Crippen LogP contribution in [0, 0.1) is 6.92 Å². The monoisotopic (exact) mass is 277 g/mol. The molecule has 0 bridgehead atoms. The number of fused-ring (bicyclic) bond motifs is 1. The molecule has 106 valence electrons. The van der Waals surface area contributed by atoms with Crippen molar-refractivity contribution in [3.8, 4) is 0 Å². The number of hydrogen-bond donors (Lipinski definition) is 2. The van der Waals surface area contributed by atoms with E-state index >= 15 is 0 Å². The summed E-state index contributed by atoms with van der Waals surface area (Å²) in [4.78, 5) is 4.47. The fourth-order valence-electron chi connectivity index (χ4n) is 2.66. The summed E-state index contributed by atoms with van der Waals surface area (Å²) in [5, 5.41) is 1.16. The third-order valence-corrected chi connectivity index (χ3v) is 3.90. The Labute approximate surface area is 124 Å². The van der Waals surface area contributed by atoms with Crippen molar-refractivity contribution in [2.75, 3.05) is 5.73 Å². The van der Waals surface area contributed by atoms with Gasteiger partial charge in [-0.15, -0.1) is 0 Å². The van der Waals surface area contributed by atoms with E-state index in [9.17, 15) is 0 Å². The van der Waals surface area contributed by atoms with Crippen molar-refractivity contribution < 1.29 is 0 Å². The fraction of sp³-hybridized carbons (Fsp3) is 0.167. The van der Waals surface area contributed by atoms with Gasteiger partial charge in [0.2, 0.25) is 0 Å². The molecule has 1 aromatic heterocycles. The summed E-state index contributed by atoms with van der Waals surface area (Å²) in [5.74, 6) is 0.599. The van der Waals surface area contributed by atoms with Gasteiger partial charge >= 0.3 is 0 Å². The summed E-state index contributed by atoms with van der Waals surface area (Å²) in [7, 11) is 0. The number of pyridine rings is 1. The van der Waals surface area contributed by atoms with E-state index in [0.717, 1.165) is 22.9 Å². The van der Waals surface area contributed by atoms with E-state index in [4.69, 9.17) is 11.5 Å². The highest BCUT2D eigenvalue weighted by atomic mass is 14.8. The molecule has 4 N–H and O–H groups in total. The van der Waals surface area contributed by atoms with Crippen LogP contribution in [0.2, 0.25) is 0 Å². The largest absolute Gasteiger partial charge is 0.383 e. The topological polar surface area (TPSA) is 64.9 Å². The van der Waals surface area contributed by atoms with Crippen LogP contribution in [0.1, 0.15) is 22.3 Å². The number of rotatable bonds is 3. The normalized spacial score (nSPS) is 11.0. The SMILES string of the molecule is Cc1cc2c(Cc3ccccc3CN)cccc2nc1N. The van der Waals surface area contributed by atoms with Crippen LogP contribution < -0.4 is 11.5 Å². The van der Waals surface area contributed by atoms with Crippen LogP contribution in [0.5, 0.6) is 0 Å². The van der Waals surface area contributed by atoms with Gasteiger partial charge in [0.1, 0.15) is 5.82 Å². The van der Waals surface area contributed by atoms with Gasteiger partial charge in [0, 0.05) is 11.9 Å². The molecule has 0 unspecified atom stereocenters. The maximum atomic E-state index is 5.91. The van der Waals surface area contributed by atoms with Gasteiger partial charge in [0.05, 0.1) is 5.52 Å². The maximum absolute atomic E-state index is 5.91. The average Bonchev–Trinajstić information content (AvgIpc) is 2.50. The summed E-state index contributed by atoms with van der Waals surface area (Å²) in [5.41, 5.74) is 17.4. The summed E-state index contributed by atoms with van der Waals surface area (Å²) >= 11 is 0. The number of hydrogen-bond acceptors (Lipinski definition) is 3. The summed E-state index contributed by atoms with van der Waals surface area (Å²) in [6.45, 7) is 2.55. The first-order chi connectivity index (χ1) is 10.2. The Morgan fingerprint density at radius 1 is 0.952 bits per heavy atom. The molecular weight excluding hydrogens is 258 g/mol. The number of nitrogens with two attached hydrogens (primary N) is 2. The molecule has 0 radical (unpaired) electrons. The van der Waals surface area contributed by atoms with Crippen LogP contribution in [-0.2, 0) is 13.0 Å². The minimum Gasteiger partial charge on any atom is -0.383 e. The number of aryl methyl sites for hydroxylation is 1. The molecule has 2 aromatic carbocycles. The van der Waals surface area contributed by atoms with Crippen LogP contribution in [0.15, 0.2) is 48.5 Å². The minimum atomic E-state index is 0.561. The first-order valence-corrected chi connectivity index (χ1v) is 7.10. The molecule has 0 saturated heterocycles. The highest BCUT2D eigenvalue weighted by Crippen LogP contribution is 2.24. The van der Waals surface area contributed by atoms with Gasteiger partial charge in [0.15, 0.2) is 0 Å². The molecule has 0 spiro atoms. The van der Waals surface area contributed by atoms with Crippen LogP contribution in [0.4, 0.5) is 5.82 Å². The first kappa shape index (κ1) is 13.6. The molecule has 1 heterocycles. The zero-order valence-electron chi connectivity index (χ0n) is 12.1. The van der Waals surface area contributed by atoms with Gasteiger partial charge in [-0.3, -0.25) is 0 Å². The standard InChI is InChI=1S/C18H19N3/c1-12-9-16-14(7-4-8-17(16)21-18(12)20)10-13-5-2-3-6-15(13)11-19/h2-9H,10-11,19H2,1H3,(H2,20,21).